The van der Waals surface area contributed by atoms with Gasteiger partial charge in [-0.05, 0) is 38.0 Å². The normalized spacial score (nSPS) is 40.9. The Labute approximate surface area is 122 Å². The summed E-state index contributed by atoms with van der Waals surface area (Å²) >= 11 is 0. The number of carbonyl (C=O) groups is 2. The van der Waals surface area contributed by atoms with Gasteiger partial charge in [-0.2, -0.15) is 0 Å². The van der Waals surface area contributed by atoms with E-state index in [4.69, 9.17) is 14.6 Å². The highest BCUT2D eigenvalue weighted by molar-refractivity contribution is 5.75. The fourth-order valence-corrected chi connectivity index (χ4v) is 4.26. The minimum absolute atomic E-state index is 0.00625. The van der Waals surface area contributed by atoms with Gasteiger partial charge < -0.3 is 9.84 Å². The Hall–Kier alpha value is -1.66. The maximum absolute atomic E-state index is 11.8. The van der Waals surface area contributed by atoms with Crippen molar-refractivity contribution in [1.29, 1.82) is 0 Å². The van der Waals surface area contributed by atoms with Crippen molar-refractivity contribution in [2.75, 3.05) is 0 Å². The maximum Gasteiger partial charge on any atom is 0.309 e. The van der Waals surface area contributed by atoms with Gasteiger partial charge in [-0.3, -0.25) is 19.7 Å². The first-order chi connectivity index (χ1) is 9.97. The van der Waals surface area contributed by atoms with Gasteiger partial charge >= 0.3 is 5.97 Å². The van der Waals surface area contributed by atoms with Gasteiger partial charge in [0.05, 0.1) is 5.92 Å². The van der Waals surface area contributed by atoms with E-state index in [1.807, 2.05) is 6.92 Å². The van der Waals surface area contributed by atoms with Gasteiger partial charge in [0, 0.05) is 23.7 Å². The fourth-order valence-electron chi connectivity index (χ4n) is 4.26. The lowest BCUT2D eigenvalue weighted by molar-refractivity contribution is -0.529. The molecule has 3 fully saturated rings. The van der Waals surface area contributed by atoms with Gasteiger partial charge in [0.2, 0.25) is 6.04 Å². The average molecular weight is 299 g/mol. The highest BCUT2D eigenvalue weighted by Gasteiger charge is 2.51. The van der Waals surface area contributed by atoms with Crippen molar-refractivity contribution in [3.63, 3.8) is 0 Å². The first-order valence-electron chi connectivity index (χ1n) is 7.39. The van der Waals surface area contributed by atoms with E-state index in [-0.39, 0.29) is 29.4 Å². The minimum Gasteiger partial charge on any atom is -0.483 e. The van der Waals surface area contributed by atoms with Crippen molar-refractivity contribution >= 4 is 12.4 Å². The standard InChI is InChI=1S/C13H19NO4.CH2O2/c1-7-11-5-8-2-3-10(14(16)17)4-9(8)6-12(11)13(15)18-7;2-1-3/h7-12H,2-6H2,1H3;1H,(H,2,3)/t7?,8?,9?,10-,11?,12?;/m1./s1. The molecule has 0 aromatic heterocycles. The lowest BCUT2D eigenvalue weighted by atomic mass is 9.62. The van der Waals surface area contributed by atoms with Crippen molar-refractivity contribution in [1.82, 2.24) is 0 Å². The summed E-state index contributed by atoms with van der Waals surface area (Å²) in [5.41, 5.74) is 0. The molecule has 0 bridgehead atoms. The van der Waals surface area contributed by atoms with Gasteiger partial charge in [0.15, 0.2) is 0 Å². The van der Waals surface area contributed by atoms with E-state index < -0.39 is 6.04 Å². The van der Waals surface area contributed by atoms with Gasteiger partial charge in [-0.1, -0.05) is 0 Å². The molecule has 0 aromatic carbocycles. The zero-order valence-corrected chi connectivity index (χ0v) is 12.0. The molecule has 2 saturated carbocycles. The molecule has 1 saturated heterocycles. The van der Waals surface area contributed by atoms with Crippen LogP contribution in [0.3, 0.4) is 0 Å². The molecule has 21 heavy (non-hydrogen) atoms. The van der Waals surface area contributed by atoms with Crippen LogP contribution in [-0.4, -0.2) is 34.6 Å². The van der Waals surface area contributed by atoms with Crippen LogP contribution in [0.2, 0.25) is 0 Å². The Balaban J connectivity index is 0.000000497. The second-order valence-electron chi connectivity index (χ2n) is 6.26. The van der Waals surface area contributed by atoms with Gasteiger partial charge in [-0.15, -0.1) is 0 Å². The molecule has 6 atom stereocenters. The lowest BCUT2D eigenvalue weighted by Crippen LogP contribution is -2.40. The summed E-state index contributed by atoms with van der Waals surface area (Å²) in [5.74, 6) is 1.21. The number of rotatable bonds is 1. The summed E-state index contributed by atoms with van der Waals surface area (Å²) in [6, 6.07) is -0.391. The Kier molecular flexibility index (Phi) is 4.80. The molecule has 7 heteroatoms. The fraction of sp³-hybridized carbons (Fsp3) is 0.857. The zero-order valence-electron chi connectivity index (χ0n) is 12.0. The minimum atomic E-state index is -0.391. The number of ether oxygens (including phenoxy) is 1. The van der Waals surface area contributed by atoms with Crippen LogP contribution >= 0.6 is 0 Å². The Morgan fingerprint density at radius 1 is 1.29 bits per heavy atom. The summed E-state index contributed by atoms with van der Waals surface area (Å²) in [4.78, 5) is 30.9. The van der Waals surface area contributed by atoms with Gasteiger partial charge in [0.25, 0.3) is 6.47 Å². The molecule has 1 aliphatic heterocycles. The zero-order chi connectivity index (χ0) is 15.6. The third-order valence-corrected chi connectivity index (χ3v) is 5.27. The molecular formula is C14H21NO6. The third kappa shape index (κ3) is 3.16. The quantitative estimate of drug-likeness (QED) is 0.342. The maximum atomic E-state index is 11.8. The molecule has 1 heterocycles. The molecule has 5 unspecified atom stereocenters. The topological polar surface area (TPSA) is 107 Å². The van der Waals surface area contributed by atoms with Crippen LogP contribution in [0.4, 0.5) is 0 Å². The highest BCUT2D eigenvalue weighted by atomic mass is 16.6. The molecule has 0 aromatic rings. The number of hydrogen-bond donors (Lipinski definition) is 1. The number of nitro groups is 1. The van der Waals surface area contributed by atoms with Crippen molar-refractivity contribution in [2.45, 2.75) is 51.2 Å². The van der Waals surface area contributed by atoms with E-state index >= 15 is 0 Å². The van der Waals surface area contributed by atoms with Crippen LogP contribution in [0.15, 0.2) is 0 Å². The molecule has 1 N–H and O–H groups in total. The van der Waals surface area contributed by atoms with Crippen LogP contribution in [0.1, 0.15) is 39.0 Å². The van der Waals surface area contributed by atoms with Crippen molar-refractivity contribution in [3.8, 4) is 0 Å². The number of fused-ring (bicyclic) bond motifs is 2. The molecule has 2 aliphatic carbocycles. The summed E-state index contributed by atoms with van der Waals surface area (Å²) in [6.45, 7) is 1.73. The first-order valence-corrected chi connectivity index (χ1v) is 7.39. The summed E-state index contributed by atoms with van der Waals surface area (Å²) in [5, 5.41) is 17.8. The van der Waals surface area contributed by atoms with E-state index in [0.29, 0.717) is 30.6 Å². The van der Waals surface area contributed by atoms with Gasteiger partial charge in [-0.25, -0.2) is 0 Å². The van der Waals surface area contributed by atoms with Crippen LogP contribution in [0.25, 0.3) is 0 Å². The molecule has 0 spiro atoms. The SMILES string of the molecule is CC1OC(=O)C2CC3C[C@H]([N+](=O)[O-])CCC3CC12.O=CO. The molecule has 7 nitrogen and oxygen atoms in total. The average Bonchev–Trinajstić information content (AvgIpc) is 2.71. The van der Waals surface area contributed by atoms with E-state index in [9.17, 15) is 14.9 Å². The molecule has 118 valence electrons. The van der Waals surface area contributed by atoms with Crippen LogP contribution in [0, 0.1) is 33.8 Å². The second kappa shape index (κ2) is 6.41. The van der Waals surface area contributed by atoms with Crippen molar-refractivity contribution in [2.24, 2.45) is 23.7 Å². The monoisotopic (exact) mass is 299 g/mol. The molecule has 3 aliphatic rings. The number of carboxylic acid groups (broad SMARTS) is 1. The predicted molar refractivity (Wildman–Crippen MR) is 72.1 cm³/mol. The van der Waals surface area contributed by atoms with E-state index in [1.165, 1.54) is 0 Å². The van der Waals surface area contributed by atoms with Crippen LogP contribution in [-0.2, 0) is 14.3 Å². The Morgan fingerprint density at radius 3 is 2.57 bits per heavy atom. The Morgan fingerprint density at radius 2 is 1.95 bits per heavy atom. The number of hydrogen-bond acceptors (Lipinski definition) is 5. The van der Waals surface area contributed by atoms with Crippen LogP contribution < -0.4 is 0 Å². The summed E-state index contributed by atoms with van der Waals surface area (Å²) in [7, 11) is 0. The van der Waals surface area contributed by atoms with E-state index in [2.05, 4.69) is 0 Å². The Bertz CT molecular complexity index is 426. The van der Waals surface area contributed by atoms with E-state index in [0.717, 1.165) is 19.3 Å². The number of nitrogens with zero attached hydrogens (tertiary/aromatic N) is 1. The van der Waals surface area contributed by atoms with Gasteiger partial charge in [0.1, 0.15) is 6.10 Å². The smallest absolute Gasteiger partial charge is 0.309 e. The molecular weight excluding hydrogens is 278 g/mol. The summed E-state index contributed by atoms with van der Waals surface area (Å²) in [6.07, 6.45) is 4.17. The number of carbonyl (C=O) groups excluding carboxylic acids is 1. The van der Waals surface area contributed by atoms with E-state index in [1.54, 1.807) is 0 Å². The molecule has 0 amide bonds. The first kappa shape index (κ1) is 15.7. The largest absolute Gasteiger partial charge is 0.483 e. The number of cyclic esters (lactones) is 1. The van der Waals surface area contributed by atoms with Crippen molar-refractivity contribution < 1.29 is 24.4 Å². The molecule has 0 radical (unpaired) electrons. The predicted octanol–water partition coefficient (Wildman–Crippen LogP) is 1.72. The lowest BCUT2D eigenvalue weighted by Gasteiger charge is -2.40. The third-order valence-electron chi connectivity index (χ3n) is 5.27. The van der Waals surface area contributed by atoms with Crippen LogP contribution in [0.5, 0.6) is 0 Å². The number of esters is 1. The summed E-state index contributed by atoms with van der Waals surface area (Å²) < 4.78 is 5.32. The second-order valence-corrected chi connectivity index (χ2v) is 6.26. The van der Waals surface area contributed by atoms with Crippen molar-refractivity contribution in [3.05, 3.63) is 10.1 Å². The highest BCUT2D eigenvalue weighted by Crippen LogP contribution is 2.49. The molecule has 3 rings (SSSR count).